The molecule has 0 spiro atoms. The van der Waals surface area contributed by atoms with Gasteiger partial charge in [0, 0.05) is 38.5 Å². The molecular formula is C24H27F6N5O4. The van der Waals surface area contributed by atoms with Crippen molar-refractivity contribution in [2.24, 2.45) is 0 Å². The molecule has 0 fully saturated rings. The molecule has 39 heavy (non-hydrogen) atoms. The summed E-state index contributed by atoms with van der Waals surface area (Å²) in [7, 11) is 0. The summed E-state index contributed by atoms with van der Waals surface area (Å²) in [4.78, 5) is 41.8. The Hall–Kier alpha value is -3.78. The van der Waals surface area contributed by atoms with Gasteiger partial charge in [-0.3, -0.25) is 9.59 Å². The quantitative estimate of drug-likeness (QED) is 0.406. The fourth-order valence-electron chi connectivity index (χ4n) is 4.04. The van der Waals surface area contributed by atoms with Crippen molar-refractivity contribution in [2.75, 3.05) is 11.9 Å². The lowest BCUT2D eigenvalue weighted by Crippen LogP contribution is -2.45. The molecule has 0 saturated carbocycles. The van der Waals surface area contributed by atoms with Gasteiger partial charge in [0.15, 0.2) is 17.5 Å². The summed E-state index contributed by atoms with van der Waals surface area (Å²) in [5, 5.41) is 4.65. The number of hydrogen-bond donors (Lipinski definition) is 2. The van der Waals surface area contributed by atoms with E-state index in [0.29, 0.717) is 12.1 Å². The van der Waals surface area contributed by atoms with Crippen molar-refractivity contribution < 1.29 is 45.5 Å². The first-order valence-corrected chi connectivity index (χ1v) is 11.8. The topological polar surface area (TPSA) is 106 Å². The maximum Gasteiger partial charge on any atom is 0.449 e. The predicted octanol–water partition coefficient (Wildman–Crippen LogP) is 4.15. The average molecular weight is 563 g/mol. The van der Waals surface area contributed by atoms with Gasteiger partial charge in [0.05, 0.1) is 12.2 Å². The third-order valence-corrected chi connectivity index (χ3v) is 5.60. The molecule has 2 N–H and O–H groups in total. The minimum Gasteiger partial charge on any atom is -0.444 e. The smallest absolute Gasteiger partial charge is 0.444 e. The number of anilines is 1. The number of carbonyl (C=O) groups is 3. The molecule has 1 atom stereocenters. The van der Waals surface area contributed by atoms with Crippen molar-refractivity contribution in [1.82, 2.24) is 19.8 Å². The number of nitrogens with zero attached hydrogens (tertiary/aromatic N) is 3. The second-order valence-electron chi connectivity index (χ2n) is 9.99. The van der Waals surface area contributed by atoms with Crippen molar-refractivity contribution in [3.8, 4) is 0 Å². The van der Waals surface area contributed by atoms with Gasteiger partial charge in [-0.2, -0.15) is 13.2 Å². The molecule has 15 heteroatoms. The van der Waals surface area contributed by atoms with Gasteiger partial charge in [0.25, 0.3) is 0 Å². The average Bonchev–Trinajstić information content (AvgIpc) is 3.13. The van der Waals surface area contributed by atoms with E-state index < -0.39 is 71.8 Å². The Morgan fingerprint density at radius 1 is 1.05 bits per heavy atom. The molecule has 3 amide bonds. The van der Waals surface area contributed by atoms with Gasteiger partial charge >= 0.3 is 12.3 Å². The van der Waals surface area contributed by atoms with Gasteiger partial charge in [-0.05, 0) is 38.8 Å². The molecule has 0 saturated heterocycles. The van der Waals surface area contributed by atoms with Crippen LogP contribution in [0.3, 0.4) is 0 Å². The number of alkyl halides is 3. The summed E-state index contributed by atoms with van der Waals surface area (Å²) in [6.45, 7) is 5.04. The molecular weight excluding hydrogens is 536 g/mol. The number of rotatable bonds is 6. The second kappa shape index (κ2) is 11.1. The number of carbonyl (C=O) groups excluding carboxylic acids is 3. The van der Waals surface area contributed by atoms with Gasteiger partial charge in [-0.25, -0.2) is 22.9 Å². The van der Waals surface area contributed by atoms with Crippen LogP contribution in [-0.4, -0.2) is 50.5 Å². The van der Waals surface area contributed by atoms with E-state index in [0.717, 1.165) is 11.5 Å². The van der Waals surface area contributed by atoms with Crippen LogP contribution in [0.15, 0.2) is 12.1 Å². The first-order chi connectivity index (χ1) is 17.9. The monoisotopic (exact) mass is 563 g/mol. The Balaban J connectivity index is 1.85. The molecule has 1 aliphatic rings. The number of fused-ring (bicyclic) bond motifs is 1. The Morgan fingerprint density at radius 3 is 2.28 bits per heavy atom. The number of halogens is 6. The third kappa shape index (κ3) is 7.63. The van der Waals surface area contributed by atoms with Gasteiger partial charge < -0.3 is 24.8 Å². The molecule has 1 aliphatic heterocycles. The summed E-state index contributed by atoms with van der Waals surface area (Å²) >= 11 is 0. The Labute approximate surface area is 219 Å². The number of nitrogens with one attached hydrogen (secondary N) is 2. The lowest BCUT2D eigenvalue weighted by Gasteiger charge is -2.31. The number of ether oxygens (including phenoxy) is 1. The number of alkyl carbamates (subject to hydrolysis) is 1. The molecule has 1 aromatic carbocycles. The second-order valence-corrected chi connectivity index (χ2v) is 9.99. The van der Waals surface area contributed by atoms with Gasteiger partial charge in [-0.1, -0.05) is 0 Å². The maximum atomic E-state index is 14.3. The number of amides is 3. The SMILES string of the molecule is CC(=O)Nc1nc(C(F)(F)F)n2c1CN(C(=O)CC(Cc1cc(F)c(F)cc1F)NC(=O)OC(C)(C)C)CC2. The van der Waals surface area contributed by atoms with Crippen molar-refractivity contribution in [3.05, 3.63) is 46.7 Å². The van der Waals surface area contributed by atoms with E-state index >= 15 is 0 Å². The third-order valence-electron chi connectivity index (χ3n) is 5.60. The number of aromatic nitrogens is 2. The van der Waals surface area contributed by atoms with Crippen LogP contribution < -0.4 is 10.6 Å². The molecule has 9 nitrogen and oxygen atoms in total. The molecule has 0 aliphatic carbocycles. The number of hydrogen-bond acceptors (Lipinski definition) is 5. The summed E-state index contributed by atoms with van der Waals surface area (Å²) in [5.74, 6) is -6.73. The summed E-state index contributed by atoms with van der Waals surface area (Å²) in [6.07, 6.45) is -6.67. The highest BCUT2D eigenvalue weighted by Crippen LogP contribution is 2.34. The highest BCUT2D eigenvalue weighted by molar-refractivity contribution is 5.88. The summed E-state index contributed by atoms with van der Waals surface area (Å²) in [6, 6.07) is -0.208. The molecule has 3 rings (SSSR count). The molecule has 1 unspecified atom stereocenters. The van der Waals surface area contributed by atoms with E-state index in [1.54, 1.807) is 20.8 Å². The minimum absolute atomic E-state index is 0.0552. The van der Waals surface area contributed by atoms with Crippen LogP contribution in [0.1, 0.15) is 51.2 Å². The van der Waals surface area contributed by atoms with Crippen LogP contribution in [0.4, 0.5) is 37.0 Å². The lowest BCUT2D eigenvalue weighted by atomic mass is 10.0. The molecule has 2 heterocycles. The summed E-state index contributed by atoms with van der Waals surface area (Å²) in [5.41, 5.74) is -1.30. The highest BCUT2D eigenvalue weighted by atomic mass is 19.4. The van der Waals surface area contributed by atoms with Crippen LogP contribution in [-0.2, 0) is 40.0 Å². The lowest BCUT2D eigenvalue weighted by molar-refractivity contribution is -0.148. The zero-order valence-electron chi connectivity index (χ0n) is 21.5. The first-order valence-electron chi connectivity index (χ1n) is 11.8. The standard InChI is InChI=1S/C24H27F6N5O4/c1-12(36)31-20-18-11-34(5-6-35(18)21(33-20)24(28,29)30)19(37)9-14(32-22(38)39-23(2,3)4)7-13-8-16(26)17(27)10-15(13)25/h8,10,14H,5-7,9,11H2,1-4H3,(H,31,36)(H,32,38). The van der Waals surface area contributed by atoms with Gasteiger partial charge in [0.2, 0.25) is 17.6 Å². The summed E-state index contributed by atoms with van der Waals surface area (Å²) < 4.78 is 87.9. The van der Waals surface area contributed by atoms with Crippen LogP contribution >= 0.6 is 0 Å². The fourth-order valence-corrected chi connectivity index (χ4v) is 4.04. The molecule has 0 radical (unpaired) electrons. The zero-order valence-corrected chi connectivity index (χ0v) is 21.5. The van der Waals surface area contributed by atoms with E-state index in [1.165, 1.54) is 4.90 Å². The van der Waals surface area contributed by atoms with Crippen LogP contribution in [0, 0.1) is 17.5 Å². The van der Waals surface area contributed by atoms with E-state index in [4.69, 9.17) is 4.74 Å². The maximum absolute atomic E-state index is 14.3. The van der Waals surface area contributed by atoms with Gasteiger partial charge in [0.1, 0.15) is 11.4 Å². The molecule has 2 aromatic rings. The largest absolute Gasteiger partial charge is 0.449 e. The van der Waals surface area contributed by atoms with Crippen LogP contribution in [0.2, 0.25) is 0 Å². The van der Waals surface area contributed by atoms with E-state index in [2.05, 4.69) is 15.6 Å². The zero-order chi connectivity index (χ0) is 29.3. The Morgan fingerprint density at radius 2 is 1.69 bits per heavy atom. The minimum atomic E-state index is -4.81. The molecule has 0 bridgehead atoms. The Kier molecular flexibility index (Phi) is 8.50. The molecule has 214 valence electrons. The van der Waals surface area contributed by atoms with Crippen molar-refractivity contribution in [3.63, 3.8) is 0 Å². The van der Waals surface area contributed by atoms with E-state index in [-0.39, 0.29) is 36.7 Å². The molecule has 1 aromatic heterocycles. The number of imidazole rings is 1. The highest BCUT2D eigenvalue weighted by Gasteiger charge is 2.41. The van der Waals surface area contributed by atoms with Crippen molar-refractivity contribution in [1.29, 1.82) is 0 Å². The van der Waals surface area contributed by atoms with Gasteiger partial charge in [-0.15, -0.1) is 0 Å². The number of benzene rings is 1. The fraction of sp³-hybridized carbons (Fsp3) is 0.500. The van der Waals surface area contributed by atoms with Crippen LogP contribution in [0.25, 0.3) is 0 Å². The predicted molar refractivity (Wildman–Crippen MR) is 125 cm³/mol. The van der Waals surface area contributed by atoms with E-state index in [9.17, 15) is 40.7 Å². The van der Waals surface area contributed by atoms with E-state index in [1.807, 2.05) is 0 Å². The van der Waals surface area contributed by atoms with Crippen LogP contribution in [0.5, 0.6) is 0 Å². The van der Waals surface area contributed by atoms with Crippen molar-refractivity contribution >= 4 is 23.7 Å². The Bertz CT molecular complexity index is 1270. The first kappa shape index (κ1) is 29.8. The van der Waals surface area contributed by atoms with Crippen molar-refractivity contribution in [2.45, 2.75) is 71.4 Å². The normalized spacial score (nSPS) is 14.5.